The molecule has 0 amide bonds. The van der Waals surface area contributed by atoms with Crippen molar-refractivity contribution in [3.63, 3.8) is 0 Å². The fourth-order valence-corrected chi connectivity index (χ4v) is 4.13. The van der Waals surface area contributed by atoms with Gasteiger partial charge in [-0.25, -0.2) is 4.98 Å². The van der Waals surface area contributed by atoms with E-state index in [1.165, 1.54) is 24.1 Å². The predicted octanol–water partition coefficient (Wildman–Crippen LogP) is 3.54. The van der Waals surface area contributed by atoms with Gasteiger partial charge in [-0.1, -0.05) is 0 Å². The van der Waals surface area contributed by atoms with Gasteiger partial charge in [-0.15, -0.1) is 22.7 Å². The molecule has 1 atom stereocenters. The Morgan fingerprint density at radius 3 is 3.18 bits per heavy atom. The Morgan fingerprint density at radius 1 is 1.47 bits per heavy atom. The zero-order valence-electron chi connectivity index (χ0n) is 9.90. The summed E-state index contributed by atoms with van der Waals surface area (Å²) in [5.41, 5.74) is 4.64. The summed E-state index contributed by atoms with van der Waals surface area (Å²) < 4.78 is 0. The molecule has 2 aromatic heterocycles. The van der Waals surface area contributed by atoms with E-state index in [1.807, 2.05) is 16.8 Å². The molecule has 2 nitrogen and oxygen atoms in total. The molecule has 1 N–H and O–H groups in total. The average Bonchev–Trinajstić information content (AvgIpc) is 3.01. The van der Waals surface area contributed by atoms with Crippen LogP contribution in [-0.2, 0) is 19.4 Å². The minimum Gasteiger partial charge on any atom is -0.304 e. The van der Waals surface area contributed by atoms with Gasteiger partial charge in [-0.3, -0.25) is 0 Å². The third kappa shape index (κ3) is 2.44. The molecule has 1 aliphatic rings. The second kappa shape index (κ2) is 4.88. The Kier molecular flexibility index (Phi) is 3.27. The van der Waals surface area contributed by atoms with Crippen LogP contribution in [0.25, 0.3) is 0 Å². The van der Waals surface area contributed by atoms with Gasteiger partial charge in [0, 0.05) is 27.7 Å². The normalized spacial score (nSPS) is 16.1. The number of nitrogens with zero attached hydrogens (tertiary/aromatic N) is 1. The molecule has 0 fully saturated rings. The highest BCUT2D eigenvalue weighted by atomic mass is 32.1. The van der Waals surface area contributed by atoms with Gasteiger partial charge in [0.25, 0.3) is 0 Å². The number of rotatable bonds is 4. The summed E-state index contributed by atoms with van der Waals surface area (Å²) in [6.07, 6.45) is 3.93. The number of aromatic nitrogens is 1. The average molecular weight is 264 g/mol. The van der Waals surface area contributed by atoms with Crippen molar-refractivity contribution in [3.05, 3.63) is 38.0 Å². The van der Waals surface area contributed by atoms with Crippen LogP contribution < -0.4 is 5.32 Å². The second-order valence-electron chi connectivity index (χ2n) is 4.53. The summed E-state index contributed by atoms with van der Waals surface area (Å²) in [5, 5.41) is 5.66. The minimum atomic E-state index is 0.346. The van der Waals surface area contributed by atoms with Crippen molar-refractivity contribution in [3.8, 4) is 0 Å². The van der Waals surface area contributed by atoms with E-state index in [-0.39, 0.29) is 0 Å². The second-order valence-corrected chi connectivity index (χ2v) is 6.47. The number of thiophene rings is 1. The van der Waals surface area contributed by atoms with Crippen LogP contribution in [0.4, 0.5) is 0 Å². The SMILES string of the molecule is CC(NCc1cc2c(s1)CCC2)c1cscn1. The summed E-state index contributed by atoms with van der Waals surface area (Å²) in [4.78, 5) is 7.42. The lowest BCUT2D eigenvalue weighted by molar-refractivity contribution is 0.568. The van der Waals surface area contributed by atoms with E-state index in [1.54, 1.807) is 21.8 Å². The van der Waals surface area contributed by atoms with Gasteiger partial charge < -0.3 is 5.32 Å². The number of aryl methyl sites for hydroxylation is 2. The van der Waals surface area contributed by atoms with Crippen molar-refractivity contribution in [2.75, 3.05) is 0 Å². The number of fused-ring (bicyclic) bond motifs is 1. The lowest BCUT2D eigenvalue weighted by atomic mass is 10.2. The minimum absolute atomic E-state index is 0.346. The molecule has 0 radical (unpaired) electrons. The van der Waals surface area contributed by atoms with E-state index in [2.05, 4.69) is 28.7 Å². The maximum absolute atomic E-state index is 4.34. The van der Waals surface area contributed by atoms with Crippen molar-refractivity contribution in [1.29, 1.82) is 0 Å². The van der Waals surface area contributed by atoms with Gasteiger partial charge in [0.1, 0.15) is 0 Å². The van der Waals surface area contributed by atoms with Gasteiger partial charge in [-0.2, -0.15) is 0 Å². The molecule has 0 spiro atoms. The third-order valence-electron chi connectivity index (χ3n) is 3.28. The topological polar surface area (TPSA) is 24.9 Å². The molecule has 2 heterocycles. The van der Waals surface area contributed by atoms with E-state index in [9.17, 15) is 0 Å². The Balaban J connectivity index is 1.60. The molecule has 3 rings (SSSR count). The summed E-state index contributed by atoms with van der Waals surface area (Å²) in [6, 6.07) is 2.73. The highest BCUT2D eigenvalue weighted by molar-refractivity contribution is 7.12. The molecule has 1 unspecified atom stereocenters. The highest BCUT2D eigenvalue weighted by Crippen LogP contribution is 2.30. The highest BCUT2D eigenvalue weighted by Gasteiger charge is 2.15. The fraction of sp³-hybridized carbons (Fsp3) is 0.462. The zero-order chi connectivity index (χ0) is 11.7. The molecule has 90 valence electrons. The van der Waals surface area contributed by atoms with Crippen LogP contribution in [0, 0.1) is 0 Å². The van der Waals surface area contributed by atoms with Crippen molar-refractivity contribution in [2.24, 2.45) is 0 Å². The maximum atomic E-state index is 4.34. The van der Waals surface area contributed by atoms with Crippen LogP contribution in [0.2, 0.25) is 0 Å². The number of thiazole rings is 1. The van der Waals surface area contributed by atoms with Gasteiger partial charge in [0.15, 0.2) is 0 Å². The van der Waals surface area contributed by atoms with E-state index < -0.39 is 0 Å². The third-order valence-corrected chi connectivity index (χ3v) is 5.12. The molecule has 1 aliphatic carbocycles. The van der Waals surface area contributed by atoms with Crippen LogP contribution >= 0.6 is 22.7 Å². The standard InChI is InChI=1S/C13H16N2S2/c1-9(12-7-16-8-15-12)14-6-11-5-10-3-2-4-13(10)17-11/h5,7-9,14H,2-4,6H2,1H3. The van der Waals surface area contributed by atoms with E-state index >= 15 is 0 Å². The first kappa shape index (κ1) is 11.4. The lowest BCUT2D eigenvalue weighted by Gasteiger charge is -2.10. The Hall–Kier alpha value is -0.710. The van der Waals surface area contributed by atoms with Gasteiger partial charge in [0.2, 0.25) is 0 Å². The summed E-state index contributed by atoms with van der Waals surface area (Å²) >= 11 is 3.64. The molecule has 0 bridgehead atoms. The molecule has 0 aliphatic heterocycles. The van der Waals surface area contributed by atoms with E-state index in [0.29, 0.717) is 6.04 Å². The van der Waals surface area contributed by atoms with Crippen molar-refractivity contribution in [2.45, 2.75) is 38.8 Å². The van der Waals surface area contributed by atoms with Crippen LogP contribution in [0.1, 0.15) is 40.4 Å². The van der Waals surface area contributed by atoms with Gasteiger partial charge in [-0.05, 0) is 37.8 Å². The van der Waals surface area contributed by atoms with Crippen LogP contribution in [-0.4, -0.2) is 4.98 Å². The molecule has 17 heavy (non-hydrogen) atoms. The van der Waals surface area contributed by atoms with Gasteiger partial charge in [0.05, 0.1) is 11.2 Å². The lowest BCUT2D eigenvalue weighted by Crippen LogP contribution is -2.17. The number of nitrogens with one attached hydrogen (secondary N) is 1. The summed E-state index contributed by atoms with van der Waals surface area (Å²) in [7, 11) is 0. The molecule has 0 saturated heterocycles. The first-order valence-corrected chi connectivity index (χ1v) is 7.81. The fourth-order valence-electron chi connectivity index (χ4n) is 2.27. The Labute approximate surface area is 110 Å². The molecule has 0 aromatic carbocycles. The molecule has 0 saturated carbocycles. The number of hydrogen-bond donors (Lipinski definition) is 1. The Bertz CT molecular complexity index is 466. The quantitative estimate of drug-likeness (QED) is 0.913. The van der Waals surface area contributed by atoms with Gasteiger partial charge >= 0.3 is 0 Å². The maximum Gasteiger partial charge on any atom is 0.0795 e. The first-order chi connectivity index (χ1) is 8.33. The summed E-state index contributed by atoms with van der Waals surface area (Å²) in [6.45, 7) is 3.15. The van der Waals surface area contributed by atoms with Crippen molar-refractivity contribution < 1.29 is 0 Å². The van der Waals surface area contributed by atoms with Crippen LogP contribution in [0.15, 0.2) is 17.0 Å². The van der Waals surface area contributed by atoms with E-state index in [4.69, 9.17) is 0 Å². The van der Waals surface area contributed by atoms with Crippen molar-refractivity contribution >= 4 is 22.7 Å². The van der Waals surface area contributed by atoms with Crippen molar-refractivity contribution in [1.82, 2.24) is 10.3 Å². The largest absolute Gasteiger partial charge is 0.304 e. The molecular weight excluding hydrogens is 248 g/mol. The van der Waals surface area contributed by atoms with Crippen LogP contribution in [0.3, 0.4) is 0 Å². The Morgan fingerprint density at radius 2 is 2.41 bits per heavy atom. The summed E-state index contributed by atoms with van der Waals surface area (Å²) in [5.74, 6) is 0. The molecule has 4 heteroatoms. The molecular formula is C13H16N2S2. The predicted molar refractivity (Wildman–Crippen MR) is 73.7 cm³/mol. The monoisotopic (exact) mass is 264 g/mol. The number of hydrogen-bond acceptors (Lipinski definition) is 4. The smallest absolute Gasteiger partial charge is 0.0795 e. The molecule has 2 aromatic rings. The zero-order valence-corrected chi connectivity index (χ0v) is 11.5. The van der Waals surface area contributed by atoms with E-state index in [0.717, 1.165) is 12.2 Å². The van der Waals surface area contributed by atoms with Crippen LogP contribution in [0.5, 0.6) is 0 Å². The first-order valence-electron chi connectivity index (χ1n) is 6.05.